The van der Waals surface area contributed by atoms with Gasteiger partial charge in [-0.15, -0.1) is 0 Å². The summed E-state index contributed by atoms with van der Waals surface area (Å²) in [6.45, 7) is 5.94. The quantitative estimate of drug-likeness (QED) is 0.130. The Hall–Kier alpha value is -2.42. The van der Waals surface area contributed by atoms with Crippen LogP contribution in [0.1, 0.15) is 66.3 Å². The number of hydrogen-bond donors (Lipinski definition) is 0. The molecule has 0 fully saturated rings. The molecule has 3 rings (SSSR count). The van der Waals surface area contributed by atoms with E-state index in [1.54, 1.807) is 45.0 Å². The maximum absolute atomic E-state index is 13.1. The van der Waals surface area contributed by atoms with Gasteiger partial charge in [0.25, 0.3) is 11.8 Å². The lowest BCUT2D eigenvalue weighted by Gasteiger charge is -2.28. The van der Waals surface area contributed by atoms with E-state index in [4.69, 9.17) is 9.47 Å². The minimum atomic E-state index is -1.06. The molecular weight excluding hydrogens is 533 g/mol. The lowest BCUT2D eigenvalue weighted by molar-refractivity contribution is -0.159. The van der Waals surface area contributed by atoms with Crippen LogP contribution in [0.3, 0.4) is 0 Å². The summed E-state index contributed by atoms with van der Waals surface area (Å²) in [5, 5.41) is 0. The minimum Gasteiger partial charge on any atom is -0.494 e. The molecule has 0 saturated carbocycles. The number of benzene rings is 2. The van der Waals surface area contributed by atoms with Crippen molar-refractivity contribution in [1.82, 2.24) is 4.90 Å². The number of hydrogen-bond acceptors (Lipinski definition) is 5. The van der Waals surface area contributed by atoms with E-state index in [1.165, 1.54) is 6.42 Å². The summed E-state index contributed by atoms with van der Waals surface area (Å²) >= 11 is 2.37. The number of unbranched alkanes of at least 4 members (excludes halogenated alkanes) is 2. The van der Waals surface area contributed by atoms with Crippen molar-refractivity contribution in [3.63, 3.8) is 0 Å². The zero-order chi connectivity index (χ0) is 24.0. The van der Waals surface area contributed by atoms with Gasteiger partial charge in [0.1, 0.15) is 17.4 Å². The molecule has 0 radical (unpaired) electrons. The first-order valence-electron chi connectivity index (χ1n) is 11.2. The van der Waals surface area contributed by atoms with Gasteiger partial charge in [-0.05, 0) is 74.3 Å². The van der Waals surface area contributed by atoms with E-state index in [2.05, 4.69) is 22.6 Å². The Bertz CT molecular complexity index is 961. The number of carbonyl (C=O) groups excluding carboxylic acids is 3. The lowest BCUT2D eigenvalue weighted by Crippen LogP contribution is -2.48. The number of amides is 2. The topological polar surface area (TPSA) is 72.9 Å². The van der Waals surface area contributed by atoms with Gasteiger partial charge in [-0.2, -0.15) is 0 Å². The molecule has 0 bridgehead atoms. The first-order valence-corrected chi connectivity index (χ1v) is 12.7. The van der Waals surface area contributed by atoms with E-state index >= 15 is 0 Å². The third-order valence-corrected chi connectivity index (χ3v) is 5.98. The zero-order valence-electron chi connectivity index (χ0n) is 19.3. The Morgan fingerprint density at radius 3 is 2.09 bits per heavy atom. The lowest BCUT2D eigenvalue weighted by atomic mass is 10.0. The van der Waals surface area contributed by atoms with Crippen molar-refractivity contribution in [2.45, 2.75) is 58.1 Å². The molecule has 1 atom stereocenters. The molecule has 7 heteroatoms. The third-order valence-electron chi connectivity index (χ3n) is 5.22. The second-order valence-corrected chi connectivity index (χ2v) is 10.1. The standard InChI is InChI=1S/C26H30INO5/c1-26(2,3)33-25(31)22(28-23(29)20-9-5-6-10-21(20)24(28)30)17-18-11-13-19(14-12-18)32-16-8-4-7-15-27/h5-6,9-14,22H,4,7-8,15-17H2,1-3H3/t22-/m0/s1. The summed E-state index contributed by atoms with van der Waals surface area (Å²) < 4.78 is 12.5. The summed E-state index contributed by atoms with van der Waals surface area (Å²) in [5.41, 5.74) is 0.674. The van der Waals surface area contributed by atoms with Gasteiger partial charge >= 0.3 is 5.97 Å². The molecule has 0 aromatic heterocycles. The van der Waals surface area contributed by atoms with Gasteiger partial charge in [0.05, 0.1) is 17.7 Å². The van der Waals surface area contributed by atoms with Crippen molar-refractivity contribution in [1.29, 1.82) is 0 Å². The highest BCUT2D eigenvalue weighted by Gasteiger charge is 2.44. The maximum atomic E-state index is 13.1. The Kier molecular flexibility index (Phi) is 8.51. The Labute approximate surface area is 208 Å². The van der Waals surface area contributed by atoms with Gasteiger partial charge in [0.2, 0.25) is 0 Å². The molecule has 0 aliphatic carbocycles. The van der Waals surface area contributed by atoms with Crippen molar-refractivity contribution in [3.05, 3.63) is 65.2 Å². The highest BCUT2D eigenvalue weighted by atomic mass is 127. The van der Waals surface area contributed by atoms with E-state index < -0.39 is 29.4 Å². The summed E-state index contributed by atoms with van der Waals surface area (Å²) in [7, 11) is 0. The third kappa shape index (κ3) is 6.56. The Morgan fingerprint density at radius 2 is 1.55 bits per heavy atom. The van der Waals surface area contributed by atoms with Crippen LogP contribution in [0.25, 0.3) is 0 Å². The largest absolute Gasteiger partial charge is 0.494 e. The van der Waals surface area contributed by atoms with Crippen molar-refractivity contribution < 1.29 is 23.9 Å². The van der Waals surface area contributed by atoms with Crippen LogP contribution in [0, 0.1) is 0 Å². The molecule has 1 aliphatic heterocycles. The summed E-state index contributed by atoms with van der Waals surface area (Å²) in [6.07, 6.45) is 3.49. The predicted molar refractivity (Wildman–Crippen MR) is 135 cm³/mol. The first kappa shape index (κ1) is 25.2. The van der Waals surface area contributed by atoms with E-state index in [0.717, 1.165) is 33.5 Å². The molecule has 6 nitrogen and oxygen atoms in total. The van der Waals surface area contributed by atoms with Gasteiger partial charge in [-0.3, -0.25) is 14.5 Å². The average molecular weight is 563 g/mol. The molecule has 2 aromatic rings. The number of fused-ring (bicyclic) bond motifs is 1. The summed E-state index contributed by atoms with van der Waals surface area (Å²) in [6, 6.07) is 13.0. The fourth-order valence-corrected chi connectivity index (χ4v) is 4.19. The number of carbonyl (C=O) groups is 3. The van der Waals surface area contributed by atoms with Crippen molar-refractivity contribution in [2.75, 3.05) is 11.0 Å². The zero-order valence-corrected chi connectivity index (χ0v) is 21.5. The number of imide groups is 1. The molecule has 2 amide bonds. The van der Waals surface area contributed by atoms with Crippen molar-refractivity contribution in [2.24, 2.45) is 0 Å². The number of nitrogens with zero attached hydrogens (tertiary/aromatic N) is 1. The normalized spacial score (nSPS) is 14.2. The molecular formula is C26H30INO5. The van der Waals surface area contributed by atoms with Crippen LogP contribution in [-0.4, -0.2) is 45.4 Å². The van der Waals surface area contributed by atoms with Crippen LogP contribution in [0.15, 0.2) is 48.5 Å². The molecule has 0 unspecified atom stereocenters. The monoisotopic (exact) mass is 563 g/mol. The minimum absolute atomic E-state index is 0.163. The molecule has 0 spiro atoms. The predicted octanol–water partition coefficient (Wildman–Crippen LogP) is 5.22. The smallest absolute Gasteiger partial charge is 0.330 e. The SMILES string of the molecule is CC(C)(C)OC(=O)[C@H](Cc1ccc(OCCCCCI)cc1)N1C(=O)c2ccccc2C1=O. The van der Waals surface area contributed by atoms with Crippen LogP contribution >= 0.6 is 22.6 Å². The molecule has 176 valence electrons. The van der Waals surface area contributed by atoms with Crippen LogP contribution in [0.5, 0.6) is 5.75 Å². The van der Waals surface area contributed by atoms with E-state index in [1.807, 2.05) is 24.3 Å². The Balaban J connectivity index is 1.77. The second-order valence-electron chi connectivity index (χ2n) is 9.02. The highest BCUT2D eigenvalue weighted by Crippen LogP contribution is 2.27. The summed E-state index contributed by atoms with van der Waals surface area (Å²) in [4.78, 5) is 40.2. The van der Waals surface area contributed by atoms with Crippen LogP contribution in [0.2, 0.25) is 0 Å². The maximum Gasteiger partial charge on any atom is 0.330 e. The second kappa shape index (κ2) is 11.1. The van der Waals surface area contributed by atoms with Crippen LogP contribution < -0.4 is 4.74 Å². The van der Waals surface area contributed by atoms with E-state index in [0.29, 0.717) is 17.7 Å². The van der Waals surface area contributed by atoms with Crippen molar-refractivity contribution in [3.8, 4) is 5.75 Å². The molecule has 0 saturated heterocycles. The number of rotatable bonds is 10. The number of alkyl halides is 1. The summed E-state index contributed by atoms with van der Waals surface area (Å²) in [5.74, 6) is -0.800. The molecule has 33 heavy (non-hydrogen) atoms. The highest BCUT2D eigenvalue weighted by molar-refractivity contribution is 14.1. The number of ether oxygens (including phenoxy) is 2. The van der Waals surface area contributed by atoms with E-state index in [-0.39, 0.29) is 6.42 Å². The van der Waals surface area contributed by atoms with Gasteiger partial charge in [0, 0.05) is 6.42 Å². The van der Waals surface area contributed by atoms with Gasteiger partial charge in [0.15, 0.2) is 0 Å². The van der Waals surface area contributed by atoms with E-state index in [9.17, 15) is 14.4 Å². The van der Waals surface area contributed by atoms with Gasteiger partial charge < -0.3 is 9.47 Å². The molecule has 0 N–H and O–H groups in total. The molecule has 1 heterocycles. The number of halogens is 1. The van der Waals surface area contributed by atoms with Gasteiger partial charge in [-0.1, -0.05) is 46.9 Å². The van der Waals surface area contributed by atoms with Gasteiger partial charge in [-0.25, -0.2) is 4.79 Å². The average Bonchev–Trinajstić information content (AvgIpc) is 3.02. The van der Waals surface area contributed by atoms with Crippen molar-refractivity contribution >= 4 is 40.4 Å². The van der Waals surface area contributed by atoms with Crippen LogP contribution in [-0.2, 0) is 16.0 Å². The fraction of sp³-hybridized carbons (Fsp3) is 0.423. The molecule has 1 aliphatic rings. The van der Waals surface area contributed by atoms with Crippen LogP contribution in [0.4, 0.5) is 0 Å². The Morgan fingerprint density at radius 1 is 0.939 bits per heavy atom. The molecule has 2 aromatic carbocycles. The fourth-order valence-electron chi connectivity index (χ4n) is 3.65. The number of esters is 1. The first-order chi connectivity index (χ1) is 15.7.